The van der Waals surface area contributed by atoms with Gasteiger partial charge >= 0.3 is 21.3 Å². The van der Waals surface area contributed by atoms with E-state index in [0.29, 0.717) is 12.3 Å². The summed E-state index contributed by atoms with van der Waals surface area (Å²) in [5.41, 5.74) is 0. The molecule has 1 N–H and O–H groups in total. The first-order valence-electron chi connectivity index (χ1n) is 7.06. The van der Waals surface area contributed by atoms with Gasteiger partial charge in [-0.1, -0.05) is 46.0 Å². The van der Waals surface area contributed by atoms with E-state index in [-0.39, 0.29) is 6.42 Å². The van der Waals surface area contributed by atoms with E-state index in [2.05, 4.69) is 18.6 Å². The lowest BCUT2D eigenvalue weighted by Crippen LogP contribution is -2.34. The largest absolute Gasteiger partial charge is 0.458 e. The minimum Gasteiger partial charge on any atom is -0.458 e. The number of rotatable bonds is 11. The highest BCUT2D eigenvalue weighted by atomic mass is 32.2. The second-order valence-electron chi connectivity index (χ2n) is 5.47. The molecular formula is C13H24F2O5S. The average molecular weight is 330 g/mol. The number of alkyl halides is 2. The van der Waals surface area contributed by atoms with Crippen LogP contribution in [0.2, 0.25) is 0 Å². The molecule has 21 heavy (non-hydrogen) atoms. The standard InChI is InChI=1S/C13H24F2O5S/c1-11(2)8-6-4-3-5-7-9-12(16)20-10-13(14,15)21(17,18)19/h11H,3-10H2,1-2H3,(H,17,18,19). The molecule has 5 nitrogen and oxygen atoms in total. The number of unbranched alkanes of at least 4 members (excludes halogenated alkanes) is 4. The molecule has 0 fully saturated rings. The highest BCUT2D eigenvalue weighted by Gasteiger charge is 2.45. The summed E-state index contributed by atoms with van der Waals surface area (Å²) in [7, 11) is -5.55. The SMILES string of the molecule is CC(C)CCCCCCCC(=O)OCC(F)(F)S(=O)(=O)O. The van der Waals surface area contributed by atoms with E-state index in [4.69, 9.17) is 4.55 Å². The smallest absolute Gasteiger partial charge is 0.402 e. The van der Waals surface area contributed by atoms with E-state index in [0.717, 1.165) is 32.1 Å². The van der Waals surface area contributed by atoms with Crippen molar-refractivity contribution < 1.29 is 31.3 Å². The molecule has 0 aliphatic carbocycles. The topological polar surface area (TPSA) is 80.7 Å². The van der Waals surface area contributed by atoms with Crippen LogP contribution >= 0.6 is 0 Å². The van der Waals surface area contributed by atoms with E-state index < -0.39 is 27.9 Å². The molecule has 8 heteroatoms. The molecule has 0 aromatic rings. The van der Waals surface area contributed by atoms with E-state index in [1.165, 1.54) is 0 Å². The molecule has 0 bridgehead atoms. The van der Waals surface area contributed by atoms with Gasteiger partial charge in [-0.05, 0) is 12.3 Å². The van der Waals surface area contributed by atoms with Crippen LogP contribution in [0, 0.1) is 5.92 Å². The van der Waals surface area contributed by atoms with Crippen molar-refractivity contribution in [1.29, 1.82) is 0 Å². The predicted molar refractivity (Wildman–Crippen MR) is 74.6 cm³/mol. The number of ether oxygens (including phenoxy) is 1. The maximum atomic E-state index is 12.8. The van der Waals surface area contributed by atoms with Gasteiger partial charge in [0.1, 0.15) is 0 Å². The molecule has 0 aliphatic heterocycles. The fourth-order valence-electron chi connectivity index (χ4n) is 1.66. The summed E-state index contributed by atoms with van der Waals surface area (Å²) < 4.78 is 58.5. The lowest BCUT2D eigenvalue weighted by molar-refractivity contribution is -0.149. The van der Waals surface area contributed by atoms with Crippen molar-refractivity contribution >= 4 is 16.1 Å². The van der Waals surface area contributed by atoms with Gasteiger partial charge in [0.25, 0.3) is 0 Å². The lowest BCUT2D eigenvalue weighted by Gasteiger charge is -2.12. The van der Waals surface area contributed by atoms with Crippen molar-refractivity contribution in [3.05, 3.63) is 0 Å². The van der Waals surface area contributed by atoms with E-state index in [9.17, 15) is 22.0 Å². The average Bonchev–Trinajstić information content (AvgIpc) is 2.33. The molecule has 0 aliphatic rings. The number of carbonyl (C=O) groups is 1. The Morgan fingerprint density at radius 3 is 2.19 bits per heavy atom. The first kappa shape index (κ1) is 20.2. The fraction of sp³-hybridized carbons (Fsp3) is 0.923. The van der Waals surface area contributed by atoms with Gasteiger partial charge in [-0.3, -0.25) is 9.35 Å². The zero-order valence-corrected chi connectivity index (χ0v) is 13.3. The number of carbonyl (C=O) groups excluding carboxylic acids is 1. The zero-order chi connectivity index (χ0) is 16.5. The van der Waals surface area contributed by atoms with Gasteiger partial charge in [0.2, 0.25) is 0 Å². The summed E-state index contributed by atoms with van der Waals surface area (Å²) in [6.07, 6.45) is 5.58. The quantitative estimate of drug-likeness (QED) is 0.357. The van der Waals surface area contributed by atoms with Gasteiger partial charge < -0.3 is 4.74 Å². The van der Waals surface area contributed by atoms with E-state index in [1.807, 2.05) is 0 Å². The molecular weight excluding hydrogens is 306 g/mol. The normalized spacial score (nSPS) is 12.7. The summed E-state index contributed by atoms with van der Waals surface area (Å²) in [5.74, 6) is -0.218. The van der Waals surface area contributed by atoms with E-state index >= 15 is 0 Å². The Morgan fingerprint density at radius 2 is 1.67 bits per heavy atom. The van der Waals surface area contributed by atoms with Crippen LogP contribution in [0.5, 0.6) is 0 Å². The maximum absolute atomic E-state index is 12.8. The Morgan fingerprint density at radius 1 is 1.14 bits per heavy atom. The second-order valence-corrected chi connectivity index (χ2v) is 7.02. The predicted octanol–water partition coefficient (Wildman–Crippen LogP) is 3.40. The first-order chi connectivity index (χ1) is 9.56. The molecule has 0 rings (SSSR count). The second kappa shape index (κ2) is 9.30. The molecule has 0 aromatic carbocycles. The van der Waals surface area contributed by atoms with Crippen molar-refractivity contribution in [3.8, 4) is 0 Å². The van der Waals surface area contributed by atoms with Gasteiger partial charge in [0.05, 0.1) is 0 Å². The zero-order valence-electron chi connectivity index (χ0n) is 12.5. The third kappa shape index (κ3) is 9.73. The number of halogens is 2. The Labute approximate surface area is 124 Å². The Bertz CT molecular complexity index is 407. The monoisotopic (exact) mass is 330 g/mol. The number of esters is 1. The van der Waals surface area contributed by atoms with Crippen LogP contribution in [0.4, 0.5) is 8.78 Å². The Kier molecular flexibility index (Phi) is 8.96. The van der Waals surface area contributed by atoms with Crippen molar-refractivity contribution in [1.82, 2.24) is 0 Å². The summed E-state index contributed by atoms with van der Waals surface area (Å²) in [5, 5.41) is -4.46. The molecule has 0 amide bonds. The molecule has 0 spiro atoms. The molecule has 0 unspecified atom stereocenters. The molecule has 0 atom stereocenters. The Balaban J connectivity index is 3.69. The first-order valence-corrected chi connectivity index (χ1v) is 8.51. The minimum absolute atomic E-state index is 0.0360. The van der Waals surface area contributed by atoms with E-state index in [1.54, 1.807) is 0 Å². The van der Waals surface area contributed by atoms with Crippen molar-refractivity contribution in [3.63, 3.8) is 0 Å². The van der Waals surface area contributed by atoms with Crippen LogP contribution in [0.1, 0.15) is 58.8 Å². The van der Waals surface area contributed by atoms with Crippen LogP contribution in [0.15, 0.2) is 0 Å². The summed E-state index contributed by atoms with van der Waals surface area (Å²) >= 11 is 0. The third-order valence-corrected chi connectivity index (χ3v) is 3.81. The highest BCUT2D eigenvalue weighted by molar-refractivity contribution is 7.86. The molecule has 0 heterocycles. The van der Waals surface area contributed by atoms with Crippen LogP contribution in [0.3, 0.4) is 0 Å². The fourth-order valence-corrected chi connectivity index (χ4v) is 1.87. The van der Waals surface area contributed by atoms with Crippen LogP contribution < -0.4 is 0 Å². The maximum Gasteiger partial charge on any atom is 0.402 e. The minimum atomic E-state index is -5.55. The molecule has 0 radical (unpaired) electrons. The third-order valence-electron chi connectivity index (χ3n) is 2.94. The highest BCUT2D eigenvalue weighted by Crippen LogP contribution is 2.21. The molecule has 0 saturated carbocycles. The van der Waals surface area contributed by atoms with Crippen LogP contribution in [-0.2, 0) is 19.6 Å². The van der Waals surface area contributed by atoms with Gasteiger partial charge in [-0.25, -0.2) is 0 Å². The molecule has 126 valence electrons. The summed E-state index contributed by atoms with van der Waals surface area (Å²) in [6.45, 7) is 2.65. The number of hydrogen-bond donors (Lipinski definition) is 1. The summed E-state index contributed by atoms with van der Waals surface area (Å²) in [6, 6.07) is 0. The van der Waals surface area contributed by atoms with Gasteiger partial charge in [0.15, 0.2) is 6.61 Å². The van der Waals surface area contributed by atoms with Crippen molar-refractivity contribution in [2.75, 3.05) is 6.61 Å². The van der Waals surface area contributed by atoms with Crippen LogP contribution in [0.25, 0.3) is 0 Å². The van der Waals surface area contributed by atoms with Gasteiger partial charge in [-0.15, -0.1) is 0 Å². The lowest BCUT2D eigenvalue weighted by atomic mass is 10.0. The molecule has 0 saturated heterocycles. The number of hydrogen-bond acceptors (Lipinski definition) is 4. The summed E-state index contributed by atoms with van der Waals surface area (Å²) in [4.78, 5) is 11.2. The van der Waals surface area contributed by atoms with Crippen molar-refractivity contribution in [2.45, 2.75) is 64.0 Å². The molecule has 0 aromatic heterocycles. The van der Waals surface area contributed by atoms with Crippen molar-refractivity contribution in [2.24, 2.45) is 5.92 Å². The van der Waals surface area contributed by atoms with Crippen LogP contribution in [-0.4, -0.2) is 30.8 Å². The van der Waals surface area contributed by atoms with Gasteiger partial charge in [0, 0.05) is 6.42 Å². The van der Waals surface area contributed by atoms with Gasteiger partial charge in [-0.2, -0.15) is 17.2 Å². The Hall–Kier alpha value is -0.760.